The normalized spacial score (nSPS) is 11.3. The van der Waals surface area contributed by atoms with Gasteiger partial charge < -0.3 is 15.4 Å². The number of hydrogen-bond acceptors (Lipinski definition) is 3. The van der Waals surface area contributed by atoms with E-state index in [1.807, 2.05) is 0 Å². The maximum absolute atomic E-state index is 11.8. The van der Waals surface area contributed by atoms with Gasteiger partial charge in [0, 0.05) is 13.3 Å². The number of nitrogens with zero attached hydrogens (tertiary/aromatic N) is 2. The third-order valence-electron chi connectivity index (χ3n) is 1.87. The van der Waals surface area contributed by atoms with E-state index in [4.69, 9.17) is 4.74 Å². The van der Waals surface area contributed by atoms with Crippen molar-refractivity contribution in [3.8, 4) is 0 Å². The summed E-state index contributed by atoms with van der Waals surface area (Å²) in [6, 6.07) is -0.932. The molecular weight excluding hydrogens is 253 g/mol. The van der Waals surface area contributed by atoms with Crippen molar-refractivity contribution in [2.45, 2.75) is 12.7 Å². The Morgan fingerprint density at radius 2 is 2.28 bits per heavy atom. The van der Waals surface area contributed by atoms with E-state index in [-0.39, 0.29) is 0 Å². The van der Waals surface area contributed by atoms with E-state index in [1.54, 1.807) is 5.32 Å². The Hall–Kier alpha value is -1.77. The van der Waals surface area contributed by atoms with Crippen LogP contribution in [0.1, 0.15) is 0 Å². The van der Waals surface area contributed by atoms with Crippen LogP contribution in [0.15, 0.2) is 12.4 Å². The number of anilines is 1. The number of amides is 2. The zero-order valence-electron chi connectivity index (χ0n) is 9.62. The Morgan fingerprint density at radius 1 is 1.56 bits per heavy atom. The second-order valence-corrected chi connectivity index (χ2v) is 3.41. The Kier molecular flexibility index (Phi) is 4.95. The fourth-order valence-electron chi connectivity index (χ4n) is 1.09. The first kappa shape index (κ1) is 14.3. The minimum atomic E-state index is -4.43. The first-order chi connectivity index (χ1) is 8.40. The maximum atomic E-state index is 11.8. The molecule has 0 saturated carbocycles. The molecule has 0 aliphatic rings. The van der Waals surface area contributed by atoms with Gasteiger partial charge in [-0.1, -0.05) is 0 Å². The van der Waals surface area contributed by atoms with Crippen LogP contribution in [0.2, 0.25) is 0 Å². The molecule has 0 spiro atoms. The first-order valence-electron chi connectivity index (χ1n) is 5.04. The van der Waals surface area contributed by atoms with Gasteiger partial charge in [-0.2, -0.15) is 18.3 Å². The Labute approximate surface area is 101 Å². The average molecular weight is 266 g/mol. The highest BCUT2D eigenvalue weighted by molar-refractivity contribution is 5.88. The zero-order valence-corrected chi connectivity index (χ0v) is 9.62. The molecule has 9 heteroatoms. The number of carbonyl (C=O) groups is 1. The molecule has 1 aromatic heterocycles. The summed E-state index contributed by atoms with van der Waals surface area (Å²) in [6.07, 6.45) is -1.60. The van der Waals surface area contributed by atoms with Crippen LogP contribution in [0.3, 0.4) is 0 Å². The first-order valence-corrected chi connectivity index (χ1v) is 5.04. The molecule has 1 aromatic rings. The summed E-state index contributed by atoms with van der Waals surface area (Å²) >= 11 is 0. The summed E-state index contributed by atoms with van der Waals surface area (Å²) in [7, 11) is 1.53. The lowest BCUT2D eigenvalue weighted by Crippen LogP contribution is -2.36. The number of aromatic nitrogens is 2. The summed E-state index contributed by atoms with van der Waals surface area (Å²) in [6.45, 7) is -0.444. The van der Waals surface area contributed by atoms with Crippen LogP contribution in [0.4, 0.5) is 23.7 Å². The lowest BCUT2D eigenvalue weighted by atomic mass is 10.5. The maximum Gasteiger partial charge on any atom is 0.405 e. The molecule has 18 heavy (non-hydrogen) atoms. The second kappa shape index (κ2) is 6.24. The predicted molar refractivity (Wildman–Crippen MR) is 57.2 cm³/mol. The minimum Gasteiger partial charge on any atom is -0.383 e. The highest BCUT2D eigenvalue weighted by atomic mass is 19.4. The number of methoxy groups -OCH3 is 1. The smallest absolute Gasteiger partial charge is 0.383 e. The van der Waals surface area contributed by atoms with Gasteiger partial charge in [0.15, 0.2) is 0 Å². The zero-order chi connectivity index (χ0) is 13.6. The Bertz CT molecular complexity index is 391. The third kappa shape index (κ3) is 5.53. The molecule has 0 saturated heterocycles. The number of hydrogen-bond donors (Lipinski definition) is 2. The molecule has 0 atom stereocenters. The van der Waals surface area contributed by atoms with Gasteiger partial charge in [0.25, 0.3) is 0 Å². The van der Waals surface area contributed by atoms with Crippen molar-refractivity contribution in [3.05, 3.63) is 12.4 Å². The van der Waals surface area contributed by atoms with E-state index >= 15 is 0 Å². The molecule has 0 aromatic carbocycles. The van der Waals surface area contributed by atoms with Gasteiger partial charge in [-0.3, -0.25) is 4.68 Å². The fourth-order valence-corrected chi connectivity index (χ4v) is 1.09. The number of rotatable bonds is 5. The average Bonchev–Trinajstić information content (AvgIpc) is 2.70. The van der Waals surface area contributed by atoms with Gasteiger partial charge in [0.1, 0.15) is 6.54 Å². The van der Waals surface area contributed by atoms with Crippen LogP contribution < -0.4 is 10.6 Å². The Balaban J connectivity index is 2.37. The summed E-state index contributed by atoms with van der Waals surface area (Å²) in [5.41, 5.74) is 0.311. The molecule has 0 aliphatic carbocycles. The summed E-state index contributed by atoms with van der Waals surface area (Å²) < 4.78 is 41.8. The molecule has 0 fully saturated rings. The lowest BCUT2D eigenvalue weighted by Gasteiger charge is -2.08. The molecule has 1 rings (SSSR count). The van der Waals surface area contributed by atoms with Gasteiger partial charge >= 0.3 is 12.2 Å². The van der Waals surface area contributed by atoms with Crippen molar-refractivity contribution in [1.82, 2.24) is 15.1 Å². The second-order valence-electron chi connectivity index (χ2n) is 3.41. The molecule has 6 nitrogen and oxygen atoms in total. The third-order valence-corrected chi connectivity index (χ3v) is 1.87. The molecule has 0 aliphatic heterocycles. The molecule has 0 radical (unpaired) electrons. The van der Waals surface area contributed by atoms with E-state index < -0.39 is 18.8 Å². The standard InChI is InChI=1S/C9H13F3N4O2/c1-18-3-2-16-5-7(4-14-16)15-8(17)13-6-9(10,11)12/h4-5H,2-3,6H2,1H3,(H2,13,15,17). The van der Waals surface area contributed by atoms with E-state index in [0.29, 0.717) is 18.8 Å². The highest BCUT2D eigenvalue weighted by Crippen LogP contribution is 2.12. The molecule has 102 valence electrons. The lowest BCUT2D eigenvalue weighted by molar-refractivity contribution is -0.122. The van der Waals surface area contributed by atoms with Gasteiger partial charge in [0.05, 0.1) is 25.0 Å². The van der Waals surface area contributed by atoms with Crippen LogP contribution in [0.25, 0.3) is 0 Å². The van der Waals surface area contributed by atoms with E-state index in [1.165, 1.54) is 24.2 Å². The molecule has 2 N–H and O–H groups in total. The minimum absolute atomic E-state index is 0.311. The fraction of sp³-hybridized carbons (Fsp3) is 0.556. The van der Waals surface area contributed by atoms with Gasteiger partial charge in [-0.15, -0.1) is 0 Å². The Morgan fingerprint density at radius 3 is 2.89 bits per heavy atom. The van der Waals surface area contributed by atoms with Crippen molar-refractivity contribution in [2.75, 3.05) is 25.6 Å². The number of urea groups is 1. The highest BCUT2D eigenvalue weighted by Gasteiger charge is 2.27. The quantitative estimate of drug-likeness (QED) is 0.841. The van der Waals surface area contributed by atoms with E-state index in [2.05, 4.69) is 10.4 Å². The van der Waals surface area contributed by atoms with Crippen LogP contribution in [0.5, 0.6) is 0 Å². The molecular formula is C9H13F3N4O2. The van der Waals surface area contributed by atoms with E-state index in [0.717, 1.165) is 0 Å². The van der Waals surface area contributed by atoms with Gasteiger partial charge in [-0.05, 0) is 0 Å². The van der Waals surface area contributed by atoms with Gasteiger partial charge in [0.2, 0.25) is 0 Å². The summed E-state index contributed by atoms with van der Waals surface area (Å²) in [5.74, 6) is 0. The van der Waals surface area contributed by atoms with Crippen LogP contribution in [0, 0.1) is 0 Å². The number of ether oxygens (including phenoxy) is 1. The van der Waals surface area contributed by atoms with Gasteiger partial charge in [-0.25, -0.2) is 4.79 Å². The molecule has 2 amide bonds. The van der Waals surface area contributed by atoms with Crippen LogP contribution in [-0.4, -0.2) is 42.2 Å². The molecule has 1 heterocycles. The van der Waals surface area contributed by atoms with E-state index in [9.17, 15) is 18.0 Å². The number of nitrogens with one attached hydrogen (secondary N) is 2. The SMILES string of the molecule is COCCn1cc(NC(=O)NCC(F)(F)F)cn1. The largest absolute Gasteiger partial charge is 0.405 e. The topological polar surface area (TPSA) is 68.2 Å². The number of alkyl halides is 3. The van der Waals surface area contributed by atoms with Crippen molar-refractivity contribution >= 4 is 11.7 Å². The number of halogens is 3. The molecule has 0 bridgehead atoms. The molecule has 0 unspecified atom stereocenters. The van der Waals surface area contributed by atoms with Crippen LogP contribution in [-0.2, 0) is 11.3 Å². The van der Waals surface area contributed by atoms with Crippen molar-refractivity contribution in [1.29, 1.82) is 0 Å². The van der Waals surface area contributed by atoms with Crippen LogP contribution >= 0.6 is 0 Å². The number of carbonyl (C=O) groups excluding carboxylic acids is 1. The van der Waals surface area contributed by atoms with Crippen molar-refractivity contribution < 1.29 is 22.7 Å². The summed E-state index contributed by atoms with van der Waals surface area (Å²) in [5, 5.41) is 7.81. The summed E-state index contributed by atoms with van der Waals surface area (Å²) in [4.78, 5) is 11.1. The monoisotopic (exact) mass is 266 g/mol. The van der Waals surface area contributed by atoms with Crippen molar-refractivity contribution in [3.63, 3.8) is 0 Å². The van der Waals surface area contributed by atoms with Crippen molar-refractivity contribution in [2.24, 2.45) is 0 Å². The predicted octanol–water partition coefficient (Wildman–Crippen LogP) is 1.21.